The molecule has 0 atom stereocenters. The molecule has 0 unspecified atom stereocenters. The van der Waals surface area contributed by atoms with Crippen molar-refractivity contribution < 1.29 is 18.0 Å². The van der Waals surface area contributed by atoms with Crippen molar-refractivity contribution in [3.05, 3.63) is 120 Å². The molecule has 0 saturated heterocycles. The first-order valence-corrected chi connectivity index (χ1v) is 13.0. The smallest absolute Gasteiger partial charge is 0.224 e. The fourth-order valence-electron chi connectivity index (χ4n) is 3.03. The minimum absolute atomic E-state index is 0.0879. The van der Waals surface area contributed by atoms with Gasteiger partial charge in [-0.2, -0.15) is 0 Å². The van der Waals surface area contributed by atoms with Crippen LogP contribution in [0.1, 0.15) is 20.7 Å². The maximum absolute atomic E-state index is 13.3. The van der Waals surface area contributed by atoms with Gasteiger partial charge in [0.1, 0.15) is 0 Å². The normalized spacial score (nSPS) is 11.2. The van der Waals surface area contributed by atoms with Gasteiger partial charge >= 0.3 is 0 Å². The van der Waals surface area contributed by atoms with Gasteiger partial charge in [0.15, 0.2) is 0 Å². The van der Waals surface area contributed by atoms with Crippen molar-refractivity contribution in [2.45, 2.75) is 19.6 Å². The van der Waals surface area contributed by atoms with Crippen molar-refractivity contribution in [1.29, 1.82) is 0 Å². The molecule has 4 nitrogen and oxygen atoms in total. The van der Waals surface area contributed by atoms with E-state index in [1.165, 1.54) is 24.3 Å². The van der Waals surface area contributed by atoms with E-state index < -0.39 is 9.84 Å². The quantitative estimate of drug-likeness (QED) is 0.292. The third kappa shape index (κ3) is 5.63. The molecule has 0 fully saturated rings. The second kappa shape index (κ2) is 10.2. The Morgan fingerprint density at radius 1 is 0.515 bits per heavy atom. The zero-order valence-corrected chi connectivity index (χ0v) is 19.7. The Balaban J connectivity index is 1.56. The van der Waals surface area contributed by atoms with Gasteiger partial charge in [0.2, 0.25) is 20.1 Å². The Hall–Kier alpha value is -3.13. The Kier molecular flexibility index (Phi) is 7.13. The van der Waals surface area contributed by atoms with Crippen molar-refractivity contribution in [1.82, 2.24) is 0 Å². The summed E-state index contributed by atoms with van der Waals surface area (Å²) in [6.07, 6.45) is 0. The summed E-state index contributed by atoms with van der Waals surface area (Å²) in [7, 11) is -3.83. The van der Waals surface area contributed by atoms with Crippen molar-refractivity contribution >= 4 is 43.6 Å². The third-order valence-corrected chi connectivity index (χ3v) is 8.24. The van der Waals surface area contributed by atoms with E-state index in [0.29, 0.717) is 20.9 Å². The highest BCUT2D eigenvalue weighted by molar-refractivity contribution is 8.14. The van der Waals surface area contributed by atoms with E-state index in [2.05, 4.69) is 0 Å². The van der Waals surface area contributed by atoms with Gasteiger partial charge in [-0.05, 0) is 59.9 Å². The van der Waals surface area contributed by atoms with E-state index >= 15 is 0 Å². The summed E-state index contributed by atoms with van der Waals surface area (Å²) in [5, 5.41) is -0.328. The number of carbonyl (C=O) groups is 2. The highest BCUT2D eigenvalue weighted by atomic mass is 32.2. The highest BCUT2D eigenvalue weighted by Crippen LogP contribution is 2.30. The summed E-state index contributed by atoms with van der Waals surface area (Å²) in [4.78, 5) is 26.2. The summed E-state index contributed by atoms with van der Waals surface area (Å²) < 4.78 is 26.5. The summed E-state index contributed by atoms with van der Waals surface area (Å²) >= 11 is 1.96. The van der Waals surface area contributed by atoms with Crippen LogP contribution in [0.25, 0.3) is 0 Å². The second-order valence-corrected chi connectivity index (χ2v) is 11.0. The average molecular weight is 491 g/mol. The largest absolute Gasteiger partial charge is 0.281 e. The van der Waals surface area contributed by atoms with Crippen LogP contribution in [0.2, 0.25) is 0 Å². The van der Waals surface area contributed by atoms with Gasteiger partial charge in [-0.15, -0.1) is 0 Å². The van der Waals surface area contributed by atoms with Crippen LogP contribution in [-0.4, -0.2) is 18.6 Å². The first kappa shape index (κ1) is 23.0. The Morgan fingerprint density at radius 2 is 0.909 bits per heavy atom. The number of hydrogen-bond acceptors (Lipinski definition) is 6. The molecule has 33 heavy (non-hydrogen) atoms. The number of hydrogen-bond donors (Lipinski definition) is 0. The number of thioether (sulfide) groups is 2. The van der Waals surface area contributed by atoms with E-state index in [4.69, 9.17) is 0 Å². The Morgan fingerprint density at radius 3 is 1.30 bits per heavy atom. The highest BCUT2D eigenvalue weighted by Gasteiger charge is 2.20. The van der Waals surface area contributed by atoms with Gasteiger partial charge in [-0.1, -0.05) is 72.8 Å². The summed E-state index contributed by atoms with van der Waals surface area (Å²) in [5.41, 5.74) is 1.09. The number of rotatable bonds is 6. The SMILES string of the molecule is O=C(Sc1cccc(S(=O)(=O)c2cccc(SC(=O)c3ccccc3)c2)c1)c1ccccc1. The third-order valence-electron chi connectivity index (χ3n) is 4.67. The lowest BCUT2D eigenvalue weighted by molar-refractivity contribution is 0.108. The number of sulfone groups is 1. The van der Waals surface area contributed by atoms with Crippen LogP contribution in [0, 0.1) is 0 Å². The van der Waals surface area contributed by atoms with E-state index in [9.17, 15) is 18.0 Å². The van der Waals surface area contributed by atoms with Crippen LogP contribution in [0.3, 0.4) is 0 Å². The predicted molar refractivity (Wildman–Crippen MR) is 132 cm³/mol. The topological polar surface area (TPSA) is 68.3 Å². The molecule has 0 aromatic heterocycles. The van der Waals surface area contributed by atoms with Crippen molar-refractivity contribution in [2.24, 2.45) is 0 Å². The molecule has 7 heteroatoms. The minimum Gasteiger partial charge on any atom is -0.281 e. The molecule has 0 amide bonds. The zero-order valence-electron chi connectivity index (χ0n) is 17.3. The van der Waals surface area contributed by atoms with E-state index in [0.717, 1.165) is 23.5 Å². The fraction of sp³-hybridized carbons (Fsp3) is 0. The number of benzene rings is 4. The summed E-state index contributed by atoms with van der Waals surface area (Å²) in [6.45, 7) is 0. The molecule has 0 heterocycles. The van der Waals surface area contributed by atoms with E-state index in [-0.39, 0.29) is 20.0 Å². The molecular weight excluding hydrogens is 472 g/mol. The molecular formula is C26H18O4S3. The molecule has 4 rings (SSSR count). The van der Waals surface area contributed by atoms with Crippen LogP contribution in [0.5, 0.6) is 0 Å². The maximum atomic E-state index is 13.3. The van der Waals surface area contributed by atoms with Crippen LogP contribution in [0.15, 0.2) is 129 Å². The van der Waals surface area contributed by atoms with Crippen LogP contribution < -0.4 is 0 Å². The van der Waals surface area contributed by atoms with Gasteiger partial charge < -0.3 is 0 Å². The Bertz CT molecular complexity index is 1300. The molecule has 0 aliphatic rings. The summed E-state index contributed by atoms with van der Waals surface area (Å²) in [5.74, 6) is 0. The zero-order chi connectivity index (χ0) is 23.3. The van der Waals surface area contributed by atoms with E-state index in [1.807, 2.05) is 12.1 Å². The lowest BCUT2D eigenvalue weighted by atomic mass is 10.2. The van der Waals surface area contributed by atoms with Gasteiger partial charge in [0.05, 0.1) is 9.79 Å². The first-order chi connectivity index (χ1) is 15.9. The molecule has 0 aliphatic heterocycles. The lowest BCUT2D eigenvalue weighted by Crippen LogP contribution is -2.03. The maximum Gasteiger partial charge on any atom is 0.224 e. The predicted octanol–water partition coefficient (Wildman–Crippen LogP) is 6.38. The summed E-state index contributed by atoms with van der Waals surface area (Å²) in [6, 6.07) is 30.3. The van der Waals surface area contributed by atoms with Crippen molar-refractivity contribution in [2.75, 3.05) is 0 Å². The molecule has 4 aromatic rings. The molecule has 0 spiro atoms. The average Bonchev–Trinajstić information content (AvgIpc) is 2.85. The molecule has 0 N–H and O–H groups in total. The van der Waals surface area contributed by atoms with Gasteiger partial charge in [-0.3, -0.25) is 9.59 Å². The van der Waals surface area contributed by atoms with Crippen molar-refractivity contribution in [3.8, 4) is 0 Å². The monoisotopic (exact) mass is 490 g/mol. The van der Waals surface area contributed by atoms with Gasteiger partial charge in [0.25, 0.3) is 0 Å². The van der Waals surface area contributed by atoms with Crippen LogP contribution in [0.4, 0.5) is 0 Å². The lowest BCUT2D eigenvalue weighted by Gasteiger charge is -2.08. The van der Waals surface area contributed by atoms with Gasteiger partial charge in [-0.25, -0.2) is 8.42 Å². The molecule has 0 aliphatic carbocycles. The first-order valence-electron chi connectivity index (χ1n) is 9.93. The second-order valence-electron chi connectivity index (χ2n) is 6.96. The van der Waals surface area contributed by atoms with Gasteiger partial charge in [0, 0.05) is 20.9 Å². The fourth-order valence-corrected chi connectivity index (χ4v) is 6.13. The van der Waals surface area contributed by atoms with Crippen LogP contribution in [-0.2, 0) is 9.84 Å². The molecule has 164 valence electrons. The molecule has 4 aromatic carbocycles. The molecule has 0 saturated carbocycles. The standard InChI is InChI=1S/C26H18O4S3/c27-25(19-9-3-1-4-10-19)31-21-13-7-15-23(17-21)33(29,30)24-16-8-14-22(18-24)32-26(28)20-11-5-2-6-12-20/h1-18H. The minimum atomic E-state index is -3.83. The number of carbonyl (C=O) groups excluding carboxylic acids is 2. The molecule has 0 bridgehead atoms. The van der Waals surface area contributed by atoms with Crippen LogP contribution >= 0.6 is 23.5 Å². The molecule has 0 radical (unpaired) electrons. The Labute approximate surface area is 201 Å². The van der Waals surface area contributed by atoms with E-state index in [1.54, 1.807) is 72.8 Å². The van der Waals surface area contributed by atoms with Crippen molar-refractivity contribution in [3.63, 3.8) is 0 Å².